The van der Waals surface area contributed by atoms with Gasteiger partial charge in [-0.25, -0.2) is 4.68 Å². The van der Waals surface area contributed by atoms with Gasteiger partial charge < -0.3 is 4.90 Å². The van der Waals surface area contributed by atoms with Crippen LogP contribution < -0.4 is 4.90 Å². The molecule has 1 aliphatic heterocycles. The maximum absolute atomic E-state index is 13.0. The highest BCUT2D eigenvalue weighted by atomic mass is 32.2. The molecule has 0 saturated heterocycles. The van der Waals surface area contributed by atoms with Crippen LogP contribution in [0.1, 0.15) is 33.3 Å². The molecule has 7 heteroatoms. The van der Waals surface area contributed by atoms with Crippen LogP contribution in [0.25, 0.3) is 0 Å². The third-order valence-electron chi connectivity index (χ3n) is 4.11. The highest BCUT2D eigenvalue weighted by Gasteiger charge is 2.34. The van der Waals surface area contributed by atoms with Crippen LogP contribution in [0.5, 0.6) is 0 Å². The van der Waals surface area contributed by atoms with Crippen molar-refractivity contribution in [2.45, 2.75) is 57.1 Å². The summed E-state index contributed by atoms with van der Waals surface area (Å²) in [5.41, 5.74) is 2.27. The molecule has 0 spiro atoms. The molecule has 1 aromatic heterocycles. The maximum atomic E-state index is 13.0. The minimum Gasteiger partial charge on any atom is -0.308 e. The van der Waals surface area contributed by atoms with E-state index in [0.29, 0.717) is 11.1 Å². The molecule has 1 aromatic carbocycles. The zero-order valence-corrected chi connectivity index (χ0v) is 15.3. The number of benzene rings is 1. The number of amides is 1. The SMILES string of the molecule is CC(C)Cn1nnnc1SC(C)C(=O)N1c2ccccc2CC1C. The number of carbonyl (C=O) groups is 1. The molecule has 0 saturated carbocycles. The third kappa shape index (κ3) is 3.31. The number of anilines is 1. The van der Waals surface area contributed by atoms with Gasteiger partial charge in [-0.1, -0.05) is 43.8 Å². The average Bonchev–Trinajstić information content (AvgIpc) is 3.09. The molecule has 3 rings (SSSR count). The van der Waals surface area contributed by atoms with Crippen LogP contribution in [0.4, 0.5) is 5.69 Å². The number of tetrazole rings is 1. The van der Waals surface area contributed by atoms with Crippen molar-refractivity contribution in [3.8, 4) is 0 Å². The molecule has 6 nitrogen and oxygen atoms in total. The molecule has 0 radical (unpaired) electrons. The van der Waals surface area contributed by atoms with Crippen LogP contribution in [-0.4, -0.2) is 37.4 Å². The summed E-state index contributed by atoms with van der Waals surface area (Å²) in [5, 5.41) is 12.3. The number of aromatic nitrogens is 4. The van der Waals surface area contributed by atoms with Crippen molar-refractivity contribution in [3.05, 3.63) is 29.8 Å². The fraction of sp³-hybridized carbons (Fsp3) is 0.529. The van der Waals surface area contributed by atoms with Crippen molar-refractivity contribution in [2.24, 2.45) is 5.92 Å². The zero-order chi connectivity index (χ0) is 17.3. The van der Waals surface area contributed by atoms with E-state index in [9.17, 15) is 4.79 Å². The van der Waals surface area contributed by atoms with Crippen LogP contribution in [0, 0.1) is 5.92 Å². The fourth-order valence-corrected chi connectivity index (χ4v) is 3.89. The molecule has 0 bridgehead atoms. The van der Waals surface area contributed by atoms with E-state index in [1.54, 1.807) is 4.68 Å². The summed E-state index contributed by atoms with van der Waals surface area (Å²) < 4.78 is 1.78. The summed E-state index contributed by atoms with van der Waals surface area (Å²) in [5.74, 6) is 0.556. The number of hydrogen-bond acceptors (Lipinski definition) is 5. The van der Waals surface area contributed by atoms with Gasteiger partial charge in [-0.15, -0.1) is 5.10 Å². The zero-order valence-electron chi connectivity index (χ0n) is 14.5. The molecule has 24 heavy (non-hydrogen) atoms. The normalized spacial score (nSPS) is 18.0. The number of nitrogens with zero attached hydrogens (tertiary/aromatic N) is 5. The predicted molar refractivity (Wildman–Crippen MR) is 95.1 cm³/mol. The Morgan fingerprint density at radius 1 is 1.33 bits per heavy atom. The lowest BCUT2D eigenvalue weighted by Gasteiger charge is -2.25. The van der Waals surface area contributed by atoms with E-state index in [1.165, 1.54) is 17.3 Å². The first kappa shape index (κ1) is 17.0. The molecule has 0 fully saturated rings. The lowest BCUT2D eigenvalue weighted by Crippen LogP contribution is -2.40. The summed E-state index contributed by atoms with van der Waals surface area (Å²) in [6.07, 6.45) is 0.907. The first-order valence-corrected chi connectivity index (χ1v) is 9.19. The standard InChI is InChI=1S/C17H23N5OS/c1-11(2)10-21-17(18-19-20-21)24-13(4)16(23)22-12(3)9-14-7-5-6-8-15(14)22/h5-8,11-13H,9-10H2,1-4H3. The Labute approximate surface area is 146 Å². The second-order valence-corrected chi connectivity index (χ2v) is 8.00. The third-order valence-corrected chi connectivity index (χ3v) is 5.17. The molecule has 2 aromatic rings. The largest absolute Gasteiger partial charge is 0.308 e. The van der Waals surface area contributed by atoms with E-state index < -0.39 is 0 Å². The van der Waals surface area contributed by atoms with Crippen molar-refractivity contribution in [1.29, 1.82) is 0 Å². The summed E-state index contributed by atoms with van der Waals surface area (Å²) in [7, 11) is 0. The van der Waals surface area contributed by atoms with Gasteiger partial charge in [-0.05, 0) is 48.2 Å². The van der Waals surface area contributed by atoms with Gasteiger partial charge in [0.05, 0.1) is 5.25 Å². The van der Waals surface area contributed by atoms with Gasteiger partial charge in [0.15, 0.2) is 0 Å². The predicted octanol–water partition coefficient (Wildman–Crippen LogP) is 2.79. The van der Waals surface area contributed by atoms with E-state index >= 15 is 0 Å². The molecular formula is C17H23N5OS. The highest BCUT2D eigenvalue weighted by Crippen LogP contribution is 2.34. The Bertz CT molecular complexity index is 729. The lowest BCUT2D eigenvalue weighted by atomic mass is 10.1. The van der Waals surface area contributed by atoms with Crippen LogP contribution in [0.3, 0.4) is 0 Å². The van der Waals surface area contributed by atoms with Crippen molar-refractivity contribution in [3.63, 3.8) is 0 Å². The van der Waals surface area contributed by atoms with E-state index in [1.807, 2.05) is 30.0 Å². The highest BCUT2D eigenvalue weighted by molar-refractivity contribution is 8.00. The van der Waals surface area contributed by atoms with Gasteiger partial charge in [-0.3, -0.25) is 4.79 Å². The Kier molecular flexibility index (Phi) is 4.89. The van der Waals surface area contributed by atoms with Crippen LogP contribution in [0.15, 0.2) is 29.4 Å². The van der Waals surface area contributed by atoms with Gasteiger partial charge in [0.2, 0.25) is 11.1 Å². The van der Waals surface area contributed by atoms with Gasteiger partial charge in [0.25, 0.3) is 0 Å². The summed E-state index contributed by atoms with van der Waals surface area (Å²) >= 11 is 1.43. The maximum Gasteiger partial charge on any atom is 0.240 e. The number of carbonyl (C=O) groups excluding carboxylic acids is 1. The number of rotatable bonds is 5. The molecule has 2 heterocycles. The van der Waals surface area contributed by atoms with E-state index in [2.05, 4.69) is 42.4 Å². The molecular weight excluding hydrogens is 322 g/mol. The molecule has 2 atom stereocenters. The minimum atomic E-state index is -0.240. The second kappa shape index (κ2) is 6.93. The molecule has 1 aliphatic rings. The van der Waals surface area contributed by atoms with Crippen LogP contribution in [-0.2, 0) is 17.8 Å². The van der Waals surface area contributed by atoms with Crippen molar-refractivity contribution >= 4 is 23.4 Å². The second-order valence-electron chi connectivity index (χ2n) is 6.69. The number of hydrogen-bond donors (Lipinski definition) is 0. The van der Waals surface area contributed by atoms with Gasteiger partial charge in [0.1, 0.15) is 0 Å². The quantitative estimate of drug-likeness (QED) is 0.780. The molecule has 1 amide bonds. The van der Waals surface area contributed by atoms with E-state index in [-0.39, 0.29) is 17.2 Å². The monoisotopic (exact) mass is 345 g/mol. The summed E-state index contributed by atoms with van der Waals surface area (Å²) in [6, 6.07) is 8.32. The first-order valence-electron chi connectivity index (χ1n) is 8.31. The smallest absolute Gasteiger partial charge is 0.240 e. The summed E-state index contributed by atoms with van der Waals surface area (Å²) in [4.78, 5) is 14.9. The lowest BCUT2D eigenvalue weighted by molar-refractivity contribution is -0.118. The Morgan fingerprint density at radius 2 is 2.08 bits per heavy atom. The number of para-hydroxylation sites is 1. The first-order chi connectivity index (χ1) is 11.5. The Morgan fingerprint density at radius 3 is 2.83 bits per heavy atom. The van der Waals surface area contributed by atoms with Gasteiger partial charge >= 0.3 is 0 Å². The van der Waals surface area contributed by atoms with Crippen LogP contribution in [0.2, 0.25) is 0 Å². The average molecular weight is 345 g/mol. The minimum absolute atomic E-state index is 0.108. The topological polar surface area (TPSA) is 63.9 Å². The van der Waals surface area contributed by atoms with E-state index in [4.69, 9.17) is 0 Å². The molecule has 128 valence electrons. The fourth-order valence-electron chi connectivity index (χ4n) is 3.05. The molecule has 0 N–H and O–H groups in total. The van der Waals surface area contributed by atoms with E-state index in [0.717, 1.165) is 18.7 Å². The van der Waals surface area contributed by atoms with Crippen LogP contribution >= 0.6 is 11.8 Å². The van der Waals surface area contributed by atoms with Crippen molar-refractivity contribution in [1.82, 2.24) is 20.2 Å². The molecule has 2 unspecified atom stereocenters. The molecule has 0 aliphatic carbocycles. The van der Waals surface area contributed by atoms with Crippen molar-refractivity contribution in [2.75, 3.05) is 4.90 Å². The van der Waals surface area contributed by atoms with Gasteiger partial charge in [0, 0.05) is 18.3 Å². The van der Waals surface area contributed by atoms with Crippen molar-refractivity contribution < 1.29 is 4.79 Å². The number of fused-ring (bicyclic) bond motifs is 1. The Balaban J connectivity index is 1.75. The van der Waals surface area contributed by atoms with Gasteiger partial charge in [-0.2, -0.15) is 0 Å². The summed E-state index contributed by atoms with van der Waals surface area (Å²) in [6.45, 7) is 9.01. The number of thioether (sulfide) groups is 1. The Hall–Kier alpha value is -1.89.